The lowest BCUT2D eigenvalue weighted by atomic mass is 10.0. The molecule has 0 aromatic heterocycles. The average molecular weight is 336 g/mol. The molecule has 0 spiro atoms. The first-order valence-electron chi connectivity index (χ1n) is 7.53. The topological polar surface area (TPSA) is 90.7 Å². The molecule has 6 heteroatoms. The molecule has 0 aliphatic carbocycles. The van der Waals surface area contributed by atoms with Crippen molar-refractivity contribution >= 4 is 22.6 Å². The van der Waals surface area contributed by atoms with Gasteiger partial charge in [-0.2, -0.15) is 0 Å². The van der Waals surface area contributed by atoms with Gasteiger partial charge >= 0.3 is 5.97 Å². The van der Waals surface area contributed by atoms with Crippen molar-refractivity contribution in [3.05, 3.63) is 71.8 Å². The third kappa shape index (κ3) is 3.29. The number of benzene rings is 3. The fourth-order valence-electron chi connectivity index (χ4n) is 2.54. The number of nitrogen functional groups attached to an aromatic ring is 1. The average Bonchev–Trinajstić information content (AvgIpc) is 2.66. The first kappa shape index (κ1) is 16.5. The van der Waals surface area contributed by atoms with Gasteiger partial charge in [0.05, 0.1) is 12.7 Å². The van der Waals surface area contributed by atoms with Crippen molar-refractivity contribution in [3.63, 3.8) is 0 Å². The highest BCUT2D eigenvalue weighted by atomic mass is 16.6. The predicted octanol–water partition coefficient (Wildman–Crippen LogP) is 2.67. The van der Waals surface area contributed by atoms with Crippen molar-refractivity contribution in [1.29, 1.82) is 0 Å². The van der Waals surface area contributed by atoms with E-state index in [1.54, 1.807) is 12.1 Å². The molecule has 0 aliphatic rings. The summed E-state index contributed by atoms with van der Waals surface area (Å²) in [7, 11) is 1.45. The Balaban J connectivity index is 1.98. The van der Waals surface area contributed by atoms with E-state index >= 15 is 0 Å². The summed E-state index contributed by atoms with van der Waals surface area (Å²) < 4.78 is 10.7. The predicted molar refractivity (Wildman–Crippen MR) is 93.6 cm³/mol. The van der Waals surface area contributed by atoms with E-state index in [0.29, 0.717) is 11.3 Å². The highest BCUT2D eigenvalue weighted by Crippen LogP contribution is 2.29. The van der Waals surface area contributed by atoms with Gasteiger partial charge in [-0.3, -0.25) is 10.2 Å². The Labute approximate surface area is 144 Å². The number of esters is 1. The van der Waals surface area contributed by atoms with Crippen LogP contribution in [0.15, 0.2) is 60.7 Å². The van der Waals surface area contributed by atoms with Gasteiger partial charge in [-0.15, -0.1) is 0 Å². The van der Waals surface area contributed by atoms with Crippen molar-refractivity contribution in [1.82, 2.24) is 5.43 Å². The number of ether oxygens (including phenoxy) is 2. The zero-order valence-electron chi connectivity index (χ0n) is 13.5. The molecule has 25 heavy (non-hydrogen) atoms. The first-order valence-corrected chi connectivity index (χ1v) is 7.53. The summed E-state index contributed by atoms with van der Waals surface area (Å²) >= 11 is 0. The molecule has 0 aliphatic heterocycles. The second-order valence-corrected chi connectivity index (χ2v) is 5.26. The van der Waals surface area contributed by atoms with Gasteiger partial charge in [0.25, 0.3) is 5.91 Å². The monoisotopic (exact) mass is 336 g/mol. The summed E-state index contributed by atoms with van der Waals surface area (Å²) in [5.74, 6) is 4.58. The van der Waals surface area contributed by atoms with Gasteiger partial charge in [-0.25, -0.2) is 10.6 Å². The standard InChI is InChI=1S/C19H16N2O4/c1-24-16-10-9-13(18(22)21-20)11-17(16)25-19(23)15-8-4-6-12-5-2-3-7-14(12)15/h2-11H,20H2,1H3,(H,21,22). The number of hydrazine groups is 1. The molecule has 1 amide bonds. The Bertz CT molecular complexity index is 948. The Hall–Kier alpha value is -3.38. The molecule has 0 saturated carbocycles. The number of methoxy groups -OCH3 is 1. The van der Waals surface area contributed by atoms with Crippen molar-refractivity contribution in [2.24, 2.45) is 5.84 Å². The van der Waals surface area contributed by atoms with Crippen LogP contribution in [0, 0.1) is 0 Å². The highest BCUT2D eigenvalue weighted by molar-refractivity contribution is 6.05. The molecule has 0 bridgehead atoms. The quantitative estimate of drug-likeness (QED) is 0.251. The smallest absolute Gasteiger partial charge is 0.344 e. The molecule has 3 aromatic rings. The summed E-state index contributed by atoms with van der Waals surface area (Å²) in [6, 6.07) is 17.4. The van der Waals surface area contributed by atoms with Crippen LogP contribution in [0.2, 0.25) is 0 Å². The lowest BCUT2D eigenvalue weighted by molar-refractivity contribution is 0.0730. The van der Waals surface area contributed by atoms with Gasteiger partial charge in [-0.1, -0.05) is 36.4 Å². The summed E-state index contributed by atoms with van der Waals surface area (Å²) in [5, 5.41) is 1.71. The first-order chi connectivity index (χ1) is 12.1. The van der Waals surface area contributed by atoms with E-state index in [4.69, 9.17) is 15.3 Å². The van der Waals surface area contributed by atoms with Gasteiger partial charge in [0.2, 0.25) is 0 Å². The molecule has 0 saturated heterocycles. The van der Waals surface area contributed by atoms with Crippen molar-refractivity contribution in [2.75, 3.05) is 7.11 Å². The molecular weight excluding hydrogens is 320 g/mol. The molecule has 6 nitrogen and oxygen atoms in total. The van der Waals surface area contributed by atoms with Gasteiger partial charge in [0.15, 0.2) is 11.5 Å². The number of hydrogen-bond acceptors (Lipinski definition) is 5. The third-order valence-corrected chi connectivity index (χ3v) is 3.77. The Morgan fingerprint density at radius 1 is 0.960 bits per heavy atom. The number of fused-ring (bicyclic) bond motifs is 1. The SMILES string of the molecule is COc1ccc(C(=O)NN)cc1OC(=O)c1cccc2ccccc12. The van der Waals surface area contributed by atoms with E-state index < -0.39 is 11.9 Å². The van der Waals surface area contributed by atoms with Crippen LogP contribution in [0.25, 0.3) is 10.8 Å². The molecule has 3 aromatic carbocycles. The van der Waals surface area contributed by atoms with Crippen LogP contribution < -0.4 is 20.7 Å². The summed E-state index contributed by atoms with van der Waals surface area (Å²) in [6.45, 7) is 0. The van der Waals surface area contributed by atoms with E-state index in [1.165, 1.54) is 25.3 Å². The molecule has 0 radical (unpaired) electrons. The number of nitrogens with two attached hydrogens (primary N) is 1. The molecule has 0 unspecified atom stereocenters. The number of amides is 1. The molecule has 3 N–H and O–H groups in total. The van der Waals surface area contributed by atoms with Crippen LogP contribution in [0.4, 0.5) is 0 Å². The number of nitrogens with one attached hydrogen (secondary N) is 1. The van der Waals surface area contributed by atoms with Crippen LogP contribution in [0.3, 0.4) is 0 Å². The minimum atomic E-state index is -0.541. The third-order valence-electron chi connectivity index (χ3n) is 3.77. The fraction of sp³-hybridized carbons (Fsp3) is 0.0526. The normalized spacial score (nSPS) is 10.3. The van der Waals surface area contributed by atoms with Crippen LogP contribution in [-0.4, -0.2) is 19.0 Å². The van der Waals surface area contributed by atoms with Crippen molar-refractivity contribution in [3.8, 4) is 11.5 Å². The van der Waals surface area contributed by atoms with E-state index in [-0.39, 0.29) is 11.3 Å². The Morgan fingerprint density at radius 2 is 1.72 bits per heavy atom. The van der Waals surface area contributed by atoms with Crippen LogP contribution in [-0.2, 0) is 0 Å². The second kappa shape index (κ2) is 7.02. The maximum absolute atomic E-state index is 12.6. The molecule has 126 valence electrons. The van der Waals surface area contributed by atoms with Crippen LogP contribution >= 0.6 is 0 Å². The van der Waals surface area contributed by atoms with Crippen LogP contribution in [0.1, 0.15) is 20.7 Å². The summed E-state index contributed by atoms with van der Waals surface area (Å²) in [4.78, 5) is 24.3. The maximum atomic E-state index is 12.6. The zero-order valence-corrected chi connectivity index (χ0v) is 13.5. The number of rotatable bonds is 4. The minimum Gasteiger partial charge on any atom is -0.493 e. The number of carbonyl (C=O) groups is 2. The van der Waals surface area contributed by atoms with Crippen LogP contribution in [0.5, 0.6) is 11.5 Å². The molecule has 0 heterocycles. The largest absolute Gasteiger partial charge is 0.493 e. The van der Waals surface area contributed by atoms with Gasteiger partial charge in [-0.05, 0) is 35.0 Å². The van der Waals surface area contributed by atoms with Gasteiger partial charge < -0.3 is 9.47 Å². The molecule has 3 rings (SSSR count). The number of carbonyl (C=O) groups excluding carboxylic acids is 2. The summed E-state index contributed by atoms with van der Waals surface area (Å²) in [5.41, 5.74) is 2.71. The Kier molecular flexibility index (Phi) is 4.63. The highest BCUT2D eigenvalue weighted by Gasteiger charge is 2.17. The number of hydrogen-bond donors (Lipinski definition) is 2. The van der Waals surface area contributed by atoms with Gasteiger partial charge in [0, 0.05) is 5.56 Å². The lowest BCUT2D eigenvalue weighted by Crippen LogP contribution is -2.30. The second-order valence-electron chi connectivity index (χ2n) is 5.26. The minimum absolute atomic E-state index is 0.140. The van der Waals surface area contributed by atoms with E-state index in [1.807, 2.05) is 35.8 Å². The van der Waals surface area contributed by atoms with Crippen molar-refractivity contribution in [2.45, 2.75) is 0 Å². The summed E-state index contributed by atoms with van der Waals surface area (Å²) in [6.07, 6.45) is 0. The molecule has 0 fully saturated rings. The van der Waals surface area contributed by atoms with E-state index in [9.17, 15) is 9.59 Å². The fourth-order valence-corrected chi connectivity index (χ4v) is 2.54. The van der Waals surface area contributed by atoms with E-state index in [0.717, 1.165) is 10.8 Å². The molecular formula is C19H16N2O4. The van der Waals surface area contributed by atoms with Crippen molar-refractivity contribution < 1.29 is 19.1 Å². The maximum Gasteiger partial charge on any atom is 0.344 e. The van der Waals surface area contributed by atoms with Gasteiger partial charge in [0.1, 0.15) is 0 Å². The lowest BCUT2D eigenvalue weighted by Gasteiger charge is -2.11. The zero-order chi connectivity index (χ0) is 17.8. The molecule has 0 atom stereocenters. The Morgan fingerprint density at radius 3 is 2.48 bits per heavy atom. The van der Waals surface area contributed by atoms with E-state index in [2.05, 4.69) is 0 Å².